The third-order valence-corrected chi connectivity index (χ3v) is 3.69. The summed E-state index contributed by atoms with van der Waals surface area (Å²) in [7, 11) is -0.522. The number of nitrogens with one attached hydrogen (secondary N) is 1. The van der Waals surface area contributed by atoms with Gasteiger partial charge in [0.2, 0.25) is 0 Å². The van der Waals surface area contributed by atoms with Gasteiger partial charge in [0.25, 0.3) is 0 Å². The standard InChI is InChI=1S/C5H9NOS/c7-8-3-4-1-5(8)6-2-4/h4-6H,1-3H2. The summed E-state index contributed by atoms with van der Waals surface area (Å²) in [6, 6.07) is 0. The summed E-state index contributed by atoms with van der Waals surface area (Å²) in [6.07, 6.45) is 1.16. The zero-order chi connectivity index (χ0) is 5.56. The Morgan fingerprint density at radius 2 is 2.50 bits per heavy atom. The summed E-state index contributed by atoms with van der Waals surface area (Å²) in [5.41, 5.74) is 0. The highest BCUT2D eigenvalue weighted by atomic mass is 32.2. The monoisotopic (exact) mass is 131 g/mol. The van der Waals surface area contributed by atoms with E-state index < -0.39 is 10.8 Å². The Hall–Kier alpha value is 0.110. The molecule has 3 atom stereocenters. The van der Waals surface area contributed by atoms with Crippen molar-refractivity contribution in [1.82, 2.24) is 5.32 Å². The van der Waals surface area contributed by atoms with Gasteiger partial charge in [0.05, 0.1) is 5.37 Å². The summed E-state index contributed by atoms with van der Waals surface area (Å²) >= 11 is 0. The van der Waals surface area contributed by atoms with E-state index in [0.717, 1.165) is 24.6 Å². The number of rotatable bonds is 0. The molecule has 2 rings (SSSR count). The molecule has 2 aliphatic rings. The van der Waals surface area contributed by atoms with Gasteiger partial charge in [0.1, 0.15) is 0 Å². The summed E-state index contributed by atoms with van der Waals surface area (Å²) in [4.78, 5) is 0. The highest BCUT2D eigenvalue weighted by molar-refractivity contribution is 7.85. The smallest absolute Gasteiger partial charge is 0.0838 e. The van der Waals surface area contributed by atoms with Gasteiger partial charge in [-0.2, -0.15) is 0 Å². The van der Waals surface area contributed by atoms with Gasteiger partial charge in [-0.15, -0.1) is 0 Å². The molecular formula is C5H9NOS. The SMILES string of the molecule is O=S1CC2CNC1C2. The van der Waals surface area contributed by atoms with E-state index in [4.69, 9.17) is 0 Å². The highest BCUT2D eigenvalue weighted by Crippen LogP contribution is 2.25. The average Bonchev–Trinajstić information content (AvgIpc) is 2.23. The predicted molar refractivity (Wildman–Crippen MR) is 32.9 cm³/mol. The molecule has 2 fully saturated rings. The summed E-state index contributed by atoms with van der Waals surface area (Å²) in [5, 5.41) is 3.57. The van der Waals surface area contributed by atoms with Crippen LogP contribution in [-0.2, 0) is 10.8 Å². The van der Waals surface area contributed by atoms with Crippen LogP contribution in [0.15, 0.2) is 0 Å². The Kier molecular flexibility index (Phi) is 0.954. The van der Waals surface area contributed by atoms with Crippen molar-refractivity contribution in [3.63, 3.8) is 0 Å². The van der Waals surface area contributed by atoms with Crippen molar-refractivity contribution in [2.24, 2.45) is 5.92 Å². The predicted octanol–water partition coefficient (Wildman–Crippen LogP) is -0.316. The molecule has 0 radical (unpaired) electrons. The van der Waals surface area contributed by atoms with Gasteiger partial charge in [-0.1, -0.05) is 0 Å². The molecule has 2 aliphatic heterocycles. The summed E-state index contributed by atoms with van der Waals surface area (Å²) in [6.45, 7) is 1.11. The van der Waals surface area contributed by atoms with Crippen molar-refractivity contribution < 1.29 is 4.21 Å². The topological polar surface area (TPSA) is 29.1 Å². The lowest BCUT2D eigenvalue weighted by Gasteiger charge is -2.08. The molecule has 0 aromatic heterocycles. The van der Waals surface area contributed by atoms with Crippen LogP contribution >= 0.6 is 0 Å². The third kappa shape index (κ3) is 0.545. The van der Waals surface area contributed by atoms with E-state index in [2.05, 4.69) is 5.32 Å². The molecule has 1 N–H and O–H groups in total. The van der Waals surface area contributed by atoms with Crippen molar-refractivity contribution in [2.45, 2.75) is 11.8 Å². The van der Waals surface area contributed by atoms with Crippen molar-refractivity contribution >= 4 is 10.8 Å². The fraction of sp³-hybridized carbons (Fsp3) is 1.00. The van der Waals surface area contributed by atoms with Crippen molar-refractivity contribution in [3.05, 3.63) is 0 Å². The van der Waals surface area contributed by atoms with Crippen LogP contribution in [0.4, 0.5) is 0 Å². The summed E-state index contributed by atoms with van der Waals surface area (Å²) < 4.78 is 10.9. The number of hydrogen-bond donors (Lipinski definition) is 1. The molecule has 8 heavy (non-hydrogen) atoms. The van der Waals surface area contributed by atoms with E-state index in [0.29, 0.717) is 5.37 Å². The Morgan fingerprint density at radius 1 is 1.62 bits per heavy atom. The minimum Gasteiger partial charge on any atom is -0.303 e. The van der Waals surface area contributed by atoms with Crippen LogP contribution in [0.2, 0.25) is 0 Å². The summed E-state index contributed by atoms with van der Waals surface area (Å²) in [5.74, 6) is 1.69. The molecule has 0 aromatic carbocycles. The van der Waals surface area contributed by atoms with Gasteiger partial charge in [-0.25, -0.2) is 0 Å². The van der Waals surface area contributed by atoms with Gasteiger partial charge in [-0.3, -0.25) is 4.21 Å². The lowest BCUT2D eigenvalue weighted by atomic mass is 10.2. The maximum Gasteiger partial charge on any atom is 0.0838 e. The Balaban J connectivity index is 2.22. The number of hydrogen-bond acceptors (Lipinski definition) is 2. The van der Waals surface area contributed by atoms with Crippen molar-refractivity contribution in [3.8, 4) is 0 Å². The van der Waals surface area contributed by atoms with Crippen LogP contribution in [0, 0.1) is 5.92 Å². The number of fused-ring (bicyclic) bond motifs is 2. The van der Waals surface area contributed by atoms with E-state index in [-0.39, 0.29) is 0 Å². The van der Waals surface area contributed by atoms with Crippen LogP contribution < -0.4 is 5.32 Å². The Labute approximate surface area is 51.1 Å². The van der Waals surface area contributed by atoms with Crippen LogP contribution in [0.3, 0.4) is 0 Å². The fourth-order valence-corrected chi connectivity index (χ4v) is 3.16. The molecule has 2 nitrogen and oxygen atoms in total. The molecule has 0 saturated carbocycles. The van der Waals surface area contributed by atoms with E-state index in [1.807, 2.05) is 0 Å². The van der Waals surface area contributed by atoms with E-state index in [1.54, 1.807) is 0 Å². The van der Waals surface area contributed by atoms with E-state index >= 15 is 0 Å². The first kappa shape index (κ1) is 4.94. The largest absolute Gasteiger partial charge is 0.303 e. The second-order valence-electron chi connectivity index (χ2n) is 2.55. The first-order valence-electron chi connectivity index (χ1n) is 2.97. The third-order valence-electron chi connectivity index (χ3n) is 1.90. The lowest BCUT2D eigenvalue weighted by Crippen LogP contribution is -2.31. The average molecular weight is 131 g/mol. The normalized spacial score (nSPS) is 52.8. The lowest BCUT2D eigenvalue weighted by molar-refractivity contribution is 0.636. The van der Waals surface area contributed by atoms with Gasteiger partial charge >= 0.3 is 0 Å². The van der Waals surface area contributed by atoms with Crippen LogP contribution in [0.1, 0.15) is 6.42 Å². The Bertz CT molecular complexity index is 136. The Morgan fingerprint density at radius 3 is 2.75 bits per heavy atom. The van der Waals surface area contributed by atoms with Crippen LogP contribution in [-0.4, -0.2) is 21.9 Å². The molecule has 0 amide bonds. The quantitative estimate of drug-likeness (QED) is 0.488. The molecule has 2 bridgehead atoms. The molecule has 3 heteroatoms. The molecule has 2 saturated heterocycles. The zero-order valence-electron chi connectivity index (χ0n) is 4.59. The molecule has 46 valence electrons. The molecule has 0 aliphatic carbocycles. The van der Waals surface area contributed by atoms with E-state index in [1.165, 1.54) is 0 Å². The first-order chi connectivity index (χ1) is 3.86. The fourth-order valence-electron chi connectivity index (χ4n) is 1.44. The van der Waals surface area contributed by atoms with Crippen LogP contribution in [0.25, 0.3) is 0 Å². The molecule has 0 spiro atoms. The second kappa shape index (κ2) is 1.54. The van der Waals surface area contributed by atoms with E-state index in [9.17, 15) is 4.21 Å². The molecule has 3 unspecified atom stereocenters. The minimum absolute atomic E-state index is 0.361. The maximum absolute atomic E-state index is 10.9. The first-order valence-corrected chi connectivity index (χ1v) is 4.35. The second-order valence-corrected chi connectivity index (χ2v) is 4.21. The highest BCUT2D eigenvalue weighted by Gasteiger charge is 2.36. The van der Waals surface area contributed by atoms with Crippen molar-refractivity contribution in [1.29, 1.82) is 0 Å². The molecule has 0 aromatic rings. The van der Waals surface area contributed by atoms with Gasteiger partial charge < -0.3 is 5.32 Å². The van der Waals surface area contributed by atoms with Gasteiger partial charge in [0, 0.05) is 23.1 Å². The molecule has 2 heterocycles. The van der Waals surface area contributed by atoms with Crippen LogP contribution in [0.5, 0.6) is 0 Å². The van der Waals surface area contributed by atoms with Gasteiger partial charge in [0.15, 0.2) is 0 Å². The van der Waals surface area contributed by atoms with Crippen molar-refractivity contribution in [2.75, 3.05) is 12.3 Å². The minimum atomic E-state index is -0.522. The molecular weight excluding hydrogens is 122 g/mol. The van der Waals surface area contributed by atoms with Gasteiger partial charge in [-0.05, 0) is 12.3 Å². The zero-order valence-corrected chi connectivity index (χ0v) is 5.41. The maximum atomic E-state index is 10.9.